The average molecular weight is 289 g/mol. The average Bonchev–Trinajstić information content (AvgIpc) is 2.56. The molecule has 0 unspecified atom stereocenters. The molecule has 0 spiro atoms. The van der Waals surface area contributed by atoms with E-state index in [0.29, 0.717) is 6.42 Å². The fourth-order valence-corrected chi connectivity index (χ4v) is 3.30. The molecule has 0 bridgehead atoms. The molecule has 0 aliphatic heterocycles. The Morgan fingerprint density at radius 1 is 1.14 bits per heavy atom. The summed E-state index contributed by atoms with van der Waals surface area (Å²) in [6.45, 7) is 0.964. The van der Waals surface area contributed by atoms with Crippen molar-refractivity contribution in [3.8, 4) is 0 Å². The van der Waals surface area contributed by atoms with Gasteiger partial charge in [0, 0.05) is 12.0 Å². The molecule has 0 saturated heterocycles. The first kappa shape index (κ1) is 16.0. The second-order valence-corrected chi connectivity index (χ2v) is 5.97. The van der Waals surface area contributed by atoms with Crippen LogP contribution in [0.2, 0.25) is 0 Å². The summed E-state index contributed by atoms with van der Waals surface area (Å²) in [5.41, 5.74) is 1.56. The molecular formula is C18H27NO2. The number of carbonyl (C=O) groups excluding carboxylic acids is 1. The van der Waals surface area contributed by atoms with Crippen molar-refractivity contribution in [2.24, 2.45) is 0 Å². The number of hydrogen-bond donors (Lipinski definition) is 1. The van der Waals surface area contributed by atoms with Crippen LogP contribution in [-0.4, -0.2) is 19.6 Å². The molecule has 2 rings (SSSR count). The quantitative estimate of drug-likeness (QED) is 0.613. The van der Waals surface area contributed by atoms with Gasteiger partial charge in [-0.15, -0.1) is 0 Å². The van der Waals surface area contributed by atoms with Gasteiger partial charge < -0.3 is 10.1 Å². The minimum absolute atomic E-state index is 0.106. The van der Waals surface area contributed by atoms with E-state index in [9.17, 15) is 4.79 Å². The molecule has 1 fully saturated rings. The Morgan fingerprint density at radius 3 is 2.52 bits per heavy atom. The van der Waals surface area contributed by atoms with Gasteiger partial charge in [-0.3, -0.25) is 4.79 Å². The van der Waals surface area contributed by atoms with E-state index in [1.165, 1.54) is 44.8 Å². The molecule has 1 aromatic rings. The number of esters is 1. The first-order valence-electron chi connectivity index (χ1n) is 8.14. The van der Waals surface area contributed by atoms with E-state index in [1.54, 1.807) is 0 Å². The third-order valence-corrected chi connectivity index (χ3v) is 4.53. The molecule has 0 amide bonds. The van der Waals surface area contributed by atoms with Crippen molar-refractivity contribution < 1.29 is 9.53 Å². The van der Waals surface area contributed by atoms with E-state index in [1.807, 2.05) is 0 Å². The van der Waals surface area contributed by atoms with E-state index in [4.69, 9.17) is 0 Å². The zero-order valence-corrected chi connectivity index (χ0v) is 13.1. The van der Waals surface area contributed by atoms with Crippen LogP contribution in [0.3, 0.4) is 0 Å². The van der Waals surface area contributed by atoms with Gasteiger partial charge in [-0.1, -0.05) is 49.6 Å². The fourth-order valence-electron chi connectivity index (χ4n) is 3.30. The third-order valence-electron chi connectivity index (χ3n) is 4.53. The number of unbranched alkanes of at least 4 members (excludes halogenated alkanes) is 1. The van der Waals surface area contributed by atoms with E-state index in [-0.39, 0.29) is 11.5 Å². The van der Waals surface area contributed by atoms with Crippen LogP contribution in [0.25, 0.3) is 0 Å². The van der Waals surface area contributed by atoms with Crippen molar-refractivity contribution >= 4 is 5.97 Å². The maximum absolute atomic E-state index is 11.1. The molecule has 116 valence electrons. The molecule has 0 radical (unpaired) electrons. The number of ether oxygens (including phenoxy) is 1. The molecule has 1 aliphatic carbocycles. The van der Waals surface area contributed by atoms with Crippen molar-refractivity contribution in [3.05, 3.63) is 35.9 Å². The highest BCUT2D eigenvalue weighted by molar-refractivity contribution is 5.68. The summed E-state index contributed by atoms with van der Waals surface area (Å²) in [5.74, 6) is -0.106. The Balaban J connectivity index is 1.87. The van der Waals surface area contributed by atoms with Gasteiger partial charge in [-0.25, -0.2) is 0 Å². The van der Waals surface area contributed by atoms with Gasteiger partial charge in [0.1, 0.15) is 0 Å². The van der Waals surface area contributed by atoms with Crippen molar-refractivity contribution in [1.82, 2.24) is 5.32 Å². The van der Waals surface area contributed by atoms with Crippen molar-refractivity contribution in [2.75, 3.05) is 13.7 Å². The van der Waals surface area contributed by atoms with Crippen molar-refractivity contribution in [2.45, 2.75) is 56.9 Å². The first-order valence-corrected chi connectivity index (χ1v) is 8.14. The molecule has 1 aliphatic rings. The molecule has 1 aromatic carbocycles. The number of hydrogen-bond acceptors (Lipinski definition) is 3. The predicted molar refractivity (Wildman–Crippen MR) is 85.1 cm³/mol. The van der Waals surface area contributed by atoms with Crippen LogP contribution in [0, 0.1) is 0 Å². The number of rotatable bonds is 7. The summed E-state index contributed by atoms with van der Waals surface area (Å²) in [5, 5.41) is 3.79. The number of carbonyl (C=O) groups is 1. The summed E-state index contributed by atoms with van der Waals surface area (Å²) in [7, 11) is 1.45. The molecule has 1 saturated carbocycles. The molecule has 3 nitrogen and oxygen atoms in total. The summed E-state index contributed by atoms with van der Waals surface area (Å²) in [6, 6.07) is 10.8. The maximum atomic E-state index is 11.1. The van der Waals surface area contributed by atoms with Gasteiger partial charge >= 0.3 is 5.97 Å². The second-order valence-electron chi connectivity index (χ2n) is 5.97. The Labute approximate surface area is 128 Å². The minimum Gasteiger partial charge on any atom is -0.469 e. The summed E-state index contributed by atoms with van der Waals surface area (Å²) in [6.07, 6.45) is 8.81. The zero-order chi connectivity index (χ0) is 15.0. The van der Waals surface area contributed by atoms with Crippen LogP contribution in [0.15, 0.2) is 30.3 Å². The van der Waals surface area contributed by atoms with Crippen LogP contribution in [0.4, 0.5) is 0 Å². The fraction of sp³-hybridized carbons (Fsp3) is 0.611. The second kappa shape index (κ2) is 8.18. The zero-order valence-electron chi connectivity index (χ0n) is 13.1. The summed E-state index contributed by atoms with van der Waals surface area (Å²) >= 11 is 0. The number of methoxy groups -OCH3 is 1. The van der Waals surface area contributed by atoms with Crippen LogP contribution < -0.4 is 5.32 Å². The maximum Gasteiger partial charge on any atom is 0.305 e. The van der Waals surface area contributed by atoms with Gasteiger partial charge in [0.15, 0.2) is 0 Å². The standard InChI is InChI=1S/C18H27NO2/c1-21-17(20)12-6-9-15-19-18(13-7-3-8-14-18)16-10-4-2-5-11-16/h2,4-5,10-11,19H,3,6-9,12-15H2,1H3. The van der Waals surface area contributed by atoms with Crippen molar-refractivity contribution in [1.29, 1.82) is 0 Å². The highest BCUT2D eigenvalue weighted by atomic mass is 16.5. The lowest BCUT2D eigenvalue weighted by atomic mass is 9.76. The molecule has 0 atom stereocenters. The number of benzene rings is 1. The highest BCUT2D eigenvalue weighted by Gasteiger charge is 2.32. The van der Waals surface area contributed by atoms with E-state index < -0.39 is 0 Å². The molecule has 1 N–H and O–H groups in total. The van der Waals surface area contributed by atoms with Crippen LogP contribution >= 0.6 is 0 Å². The van der Waals surface area contributed by atoms with Gasteiger partial charge in [0.25, 0.3) is 0 Å². The lowest BCUT2D eigenvalue weighted by Gasteiger charge is -2.39. The van der Waals surface area contributed by atoms with Crippen LogP contribution in [0.1, 0.15) is 56.9 Å². The Morgan fingerprint density at radius 2 is 1.86 bits per heavy atom. The largest absolute Gasteiger partial charge is 0.469 e. The summed E-state index contributed by atoms with van der Waals surface area (Å²) in [4.78, 5) is 11.1. The van der Waals surface area contributed by atoms with Gasteiger partial charge in [-0.05, 0) is 37.8 Å². The van der Waals surface area contributed by atoms with Crippen LogP contribution in [-0.2, 0) is 15.1 Å². The Hall–Kier alpha value is -1.35. The lowest BCUT2D eigenvalue weighted by molar-refractivity contribution is -0.140. The lowest BCUT2D eigenvalue weighted by Crippen LogP contribution is -2.44. The van der Waals surface area contributed by atoms with Gasteiger partial charge in [0.05, 0.1) is 7.11 Å². The van der Waals surface area contributed by atoms with Crippen LogP contribution in [0.5, 0.6) is 0 Å². The van der Waals surface area contributed by atoms with Gasteiger partial charge in [0.2, 0.25) is 0 Å². The van der Waals surface area contributed by atoms with Gasteiger partial charge in [-0.2, -0.15) is 0 Å². The van der Waals surface area contributed by atoms with Crippen molar-refractivity contribution in [3.63, 3.8) is 0 Å². The molecular weight excluding hydrogens is 262 g/mol. The first-order chi connectivity index (χ1) is 10.3. The highest BCUT2D eigenvalue weighted by Crippen LogP contribution is 2.36. The predicted octanol–water partition coefficient (Wildman–Crippen LogP) is 3.78. The van der Waals surface area contributed by atoms with E-state index in [2.05, 4.69) is 40.4 Å². The minimum atomic E-state index is -0.106. The summed E-state index contributed by atoms with van der Waals surface area (Å²) < 4.78 is 4.68. The third kappa shape index (κ3) is 4.57. The Kier molecular flexibility index (Phi) is 6.24. The molecule has 3 heteroatoms. The molecule has 21 heavy (non-hydrogen) atoms. The molecule has 0 heterocycles. The van der Waals surface area contributed by atoms with E-state index >= 15 is 0 Å². The Bertz CT molecular complexity index is 424. The monoisotopic (exact) mass is 289 g/mol. The topological polar surface area (TPSA) is 38.3 Å². The van der Waals surface area contributed by atoms with E-state index in [0.717, 1.165) is 19.4 Å². The normalized spacial score (nSPS) is 17.4. The smallest absolute Gasteiger partial charge is 0.305 e. The SMILES string of the molecule is COC(=O)CCCCNC1(c2ccccc2)CCCCC1. The molecule has 0 aromatic heterocycles. The number of nitrogens with one attached hydrogen (secondary N) is 1.